The van der Waals surface area contributed by atoms with Crippen LogP contribution in [0, 0.1) is 0 Å². The summed E-state index contributed by atoms with van der Waals surface area (Å²) in [4.78, 5) is 14.9. The third-order valence-electron chi connectivity index (χ3n) is 2.05. The zero-order valence-corrected chi connectivity index (χ0v) is 7.75. The Labute approximate surface area is 73.1 Å². The number of piperazine rings is 1. The molecule has 1 saturated heterocycles. The highest BCUT2D eigenvalue weighted by molar-refractivity contribution is 5.65. The summed E-state index contributed by atoms with van der Waals surface area (Å²) in [6.45, 7) is 5.98. The van der Waals surface area contributed by atoms with Gasteiger partial charge in [0, 0.05) is 33.1 Å². The minimum Gasteiger partial charge on any atom is -0.450 e. The maximum Gasteiger partial charge on any atom is 0.303 e. The van der Waals surface area contributed by atoms with Crippen molar-refractivity contribution in [2.75, 3.05) is 40.0 Å². The van der Waals surface area contributed by atoms with E-state index < -0.39 is 0 Å². The number of carbonyl (C=O) groups is 1. The lowest BCUT2D eigenvalue weighted by Crippen LogP contribution is -2.45. The molecule has 0 atom stereocenters. The first-order chi connectivity index (χ1) is 5.68. The summed E-state index contributed by atoms with van der Waals surface area (Å²) < 4.78 is 4.89. The highest BCUT2D eigenvalue weighted by atomic mass is 16.5. The smallest absolute Gasteiger partial charge is 0.303 e. The molecule has 0 aromatic carbocycles. The summed E-state index contributed by atoms with van der Waals surface area (Å²) in [6, 6.07) is 0. The average Bonchev–Trinajstić information content (AvgIpc) is 2.03. The number of hydrogen-bond acceptors (Lipinski definition) is 4. The number of carbonyl (C=O) groups excluding carboxylic acids is 1. The van der Waals surface area contributed by atoms with E-state index >= 15 is 0 Å². The number of esters is 1. The molecule has 0 aromatic heterocycles. The van der Waals surface area contributed by atoms with Gasteiger partial charge in [-0.15, -0.1) is 0 Å². The van der Waals surface area contributed by atoms with E-state index in [9.17, 15) is 4.79 Å². The molecular formula is C8H16N2O2. The van der Waals surface area contributed by atoms with E-state index in [1.165, 1.54) is 6.92 Å². The molecule has 1 aliphatic heterocycles. The van der Waals surface area contributed by atoms with E-state index in [1.54, 1.807) is 0 Å². The third kappa shape index (κ3) is 3.19. The lowest BCUT2D eigenvalue weighted by atomic mass is 10.3. The Hall–Kier alpha value is -0.610. The van der Waals surface area contributed by atoms with Crippen molar-refractivity contribution in [2.45, 2.75) is 6.92 Å². The molecule has 0 N–H and O–H groups in total. The Balaban J connectivity index is 2.13. The maximum absolute atomic E-state index is 10.5. The van der Waals surface area contributed by atoms with Gasteiger partial charge in [-0.25, -0.2) is 0 Å². The molecule has 0 aliphatic carbocycles. The van der Waals surface area contributed by atoms with Gasteiger partial charge in [0.25, 0.3) is 0 Å². The molecule has 0 saturated carbocycles. The Morgan fingerprint density at radius 2 is 1.92 bits per heavy atom. The van der Waals surface area contributed by atoms with Crippen molar-refractivity contribution in [2.24, 2.45) is 0 Å². The molecule has 70 valence electrons. The molecule has 0 spiro atoms. The molecule has 0 unspecified atom stereocenters. The van der Waals surface area contributed by atoms with E-state index in [0.29, 0.717) is 6.73 Å². The SMILES string of the molecule is CC(=O)OCN1CCN(C)CC1. The minimum atomic E-state index is -0.200. The second-order valence-corrected chi connectivity index (χ2v) is 3.19. The highest BCUT2D eigenvalue weighted by Crippen LogP contribution is 1.98. The van der Waals surface area contributed by atoms with Crippen LogP contribution in [0.2, 0.25) is 0 Å². The van der Waals surface area contributed by atoms with Crippen molar-refractivity contribution in [1.29, 1.82) is 0 Å². The molecule has 0 aromatic rings. The molecule has 0 amide bonds. The van der Waals surface area contributed by atoms with Crippen LogP contribution >= 0.6 is 0 Å². The first kappa shape index (κ1) is 9.48. The van der Waals surface area contributed by atoms with Crippen molar-refractivity contribution in [3.8, 4) is 0 Å². The number of nitrogens with zero attached hydrogens (tertiary/aromatic N) is 2. The van der Waals surface area contributed by atoms with Crippen LogP contribution in [0.15, 0.2) is 0 Å². The van der Waals surface area contributed by atoms with Gasteiger partial charge in [0.1, 0.15) is 6.73 Å². The lowest BCUT2D eigenvalue weighted by Gasteiger charge is -2.31. The molecular weight excluding hydrogens is 156 g/mol. The van der Waals surface area contributed by atoms with Crippen molar-refractivity contribution < 1.29 is 9.53 Å². The van der Waals surface area contributed by atoms with Gasteiger partial charge in [-0.3, -0.25) is 9.69 Å². The van der Waals surface area contributed by atoms with Gasteiger partial charge in [0.15, 0.2) is 0 Å². The summed E-state index contributed by atoms with van der Waals surface area (Å²) >= 11 is 0. The summed E-state index contributed by atoms with van der Waals surface area (Å²) in [5.74, 6) is -0.200. The van der Waals surface area contributed by atoms with E-state index in [0.717, 1.165) is 26.2 Å². The molecule has 4 heteroatoms. The largest absolute Gasteiger partial charge is 0.450 e. The first-order valence-electron chi connectivity index (χ1n) is 4.23. The molecule has 4 nitrogen and oxygen atoms in total. The van der Waals surface area contributed by atoms with E-state index in [4.69, 9.17) is 4.74 Å². The fraction of sp³-hybridized carbons (Fsp3) is 0.875. The van der Waals surface area contributed by atoms with Crippen molar-refractivity contribution >= 4 is 5.97 Å². The van der Waals surface area contributed by atoms with Crippen LogP contribution in [0.4, 0.5) is 0 Å². The van der Waals surface area contributed by atoms with Crippen LogP contribution < -0.4 is 0 Å². The minimum absolute atomic E-state index is 0.200. The second kappa shape index (κ2) is 4.42. The number of hydrogen-bond donors (Lipinski definition) is 0. The Bertz CT molecular complexity index is 153. The Morgan fingerprint density at radius 3 is 2.42 bits per heavy atom. The number of rotatable bonds is 2. The monoisotopic (exact) mass is 172 g/mol. The zero-order chi connectivity index (χ0) is 8.97. The maximum atomic E-state index is 10.5. The van der Waals surface area contributed by atoms with Gasteiger partial charge in [0.2, 0.25) is 0 Å². The van der Waals surface area contributed by atoms with Gasteiger partial charge in [-0.2, -0.15) is 0 Å². The molecule has 0 bridgehead atoms. The van der Waals surface area contributed by atoms with Gasteiger partial charge in [0.05, 0.1) is 0 Å². The predicted octanol–water partition coefficient (Wildman–Crippen LogP) is -0.246. The fourth-order valence-corrected chi connectivity index (χ4v) is 1.16. The molecule has 0 radical (unpaired) electrons. The normalized spacial score (nSPS) is 20.8. The molecule has 12 heavy (non-hydrogen) atoms. The van der Waals surface area contributed by atoms with Gasteiger partial charge in [-0.05, 0) is 7.05 Å². The Kier molecular flexibility index (Phi) is 3.49. The summed E-state index contributed by atoms with van der Waals surface area (Å²) in [6.07, 6.45) is 0. The van der Waals surface area contributed by atoms with Crippen LogP contribution in [0.3, 0.4) is 0 Å². The van der Waals surface area contributed by atoms with Crippen molar-refractivity contribution in [3.05, 3.63) is 0 Å². The molecule has 1 rings (SSSR count). The van der Waals surface area contributed by atoms with Crippen molar-refractivity contribution in [3.63, 3.8) is 0 Å². The summed E-state index contributed by atoms with van der Waals surface area (Å²) in [5.41, 5.74) is 0. The quantitative estimate of drug-likeness (QED) is 0.538. The lowest BCUT2D eigenvalue weighted by molar-refractivity contribution is -0.146. The molecule has 1 fully saturated rings. The predicted molar refractivity (Wildman–Crippen MR) is 45.7 cm³/mol. The number of ether oxygens (including phenoxy) is 1. The van der Waals surface area contributed by atoms with Crippen LogP contribution in [0.25, 0.3) is 0 Å². The van der Waals surface area contributed by atoms with E-state index in [2.05, 4.69) is 16.8 Å². The first-order valence-corrected chi connectivity index (χ1v) is 4.23. The standard InChI is InChI=1S/C8H16N2O2/c1-8(11)12-7-10-5-3-9(2)4-6-10/h3-7H2,1-2H3. The Morgan fingerprint density at radius 1 is 1.33 bits per heavy atom. The second-order valence-electron chi connectivity index (χ2n) is 3.19. The van der Waals surface area contributed by atoms with Crippen LogP contribution in [-0.2, 0) is 9.53 Å². The van der Waals surface area contributed by atoms with Gasteiger partial charge >= 0.3 is 5.97 Å². The van der Waals surface area contributed by atoms with E-state index in [-0.39, 0.29) is 5.97 Å². The fourth-order valence-electron chi connectivity index (χ4n) is 1.16. The van der Waals surface area contributed by atoms with Crippen LogP contribution in [0.5, 0.6) is 0 Å². The van der Waals surface area contributed by atoms with Gasteiger partial charge in [-0.1, -0.05) is 0 Å². The van der Waals surface area contributed by atoms with E-state index in [1.807, 2.05) is 0 Å². The molecule has 1 aliphatic rings. The van der Waals surface area contributed by atoms with Crippen LogP contribution in [-0.4, -0.2) is 55.7 Å². The summed E-state index contributed by atoms with van der Waals surface area (Å²) in [7, 11) is 2.10. The van der Waals surface area contributed by atoms with Gasteiger partial charge < -0.3 is 9.64 Å². The topological polar surface area (TPSA) is 32.8 Å². The third-order valence-corrected chi connectivity index (χ3v) is 2.05. The number of likely N-dealkylation sites (N-methyl/N-ethyl adjacent to an activating group) is 1. The van der Waals surface area contributed by atoms with Crippen LogP contribution in [0.1, 0.15) is 6.92 Å². The zero-order valence-electron chi connectivity index (χ0n) is 7.75. The highest BCUT2D eigenvalue weighted by Gasteiger charge is 2.13. The average molecular weight is 172 g/mol. The van der Waals surface area contributed by atoms with Crippen molar-refractivity contribution in [1.82, 2.24) is 9.80 Å². The summed E-state index contributed by atoms with van der Waals surface area (Å²) in [5, 5.41) is 0. The molecule has 1 heterocycles.